The van der Waals surface area contributed by atoms with Gasteiger partial charge >= 0.3 is 0 Å². The second kappa shape index (κ2) is 2.86. The van der Waals surface area contributed by atoms with Crippen molar-refractivity contribution in [2.75, 3.05) is 0 Å². The van der Waals surface area contributed by atoms with Gasteiger partial charge in [0.05, 0.1) is 0 Å². The summed E-state index contributed by atoms with van der Waals surface area (Å²) in [6.45, 7) is 6.42. The Morgan fingerprint density at radius 3 is 2.80 bits per heavy atom. The maximum absolute atomic E-state index is 4.15. The van der Waals surface area contributed by atoms with Gasteiger partial charge in [-0.1, -0.05) is 6.92 Å². The van der Waals surface area contributed by atoms with E-state index < -0.39 is 0 Å². The lowest BCUT2D eigenvalue weighted by molar-refractivity contribution is 0.518. The Hall–Kier alpha value is -0.790. The van der Waals surface area contributed by atoms with Gasteiger partial charge in [0.1, 0.15) is 5.82 Å². The lowest BCUT2D eigenvalue weighted by Gasteiger charge is -2.11. The van der Waals surface area contributed by atoms with Gasteiger partial charge in [0.2, 0.25) is 0 Å². The number of hydrogen-bond acceptors (Lipinski definition) is 1. The quantitative estimate of drug-likeness (QED) is 0.612. The van der Waals surface area contributed by atoms with Gasteiger partial charge in [0, 0.05) is 18.4 Å². The lowest BCUT2D eigenvalue weighted by Crippen LogP contribution is -2.03. The van der Waals surface area contributed by atoms with Crippen molar-refractivity contribution in [3.63, 3.8) is 0 Å². The van der Waals surface area contributed by atoms with Crippen LogP contribution in [0.25, 0.3) is 0 Å². The Kier molecular flexibility index (Phi) is 2.10. The van der Waals surface area contributed by atoms with Gasteiger partial charge in [0.15, 0.2) is 0 Å². The zero-order chi connectivity index (χ0) is 7.56. The summed E-state index contributed by atoms with van der Waals surface area (Å²) < 4.78 is 2.19. The third kappa shape index (κ3) is 1.20. The molecule has 56 valence electrons. The Morgan fingerprint density at radius 1 is 1.70 bits per heavy atom. The lowest BCUT2D eigenvalue weighted by atomic mass is 10.2. The van der Waals surface area contributed by atoms with Crippen LogP contribution < -0.4 is 0 Å². The minimum Gasteiger partial charge on any atom is -0.332 e. The molecule has 0 saturated carbocycles. The second-order valence-corrected chi connectivity index (χ2v) is 2.64. The van der Waals surface area contributed by atoms with E-state index in [1.54, 1.807) is 0 Å². The number of aromatic nitrogens is 2. The Bertz CT molecular complexity index is 203. The summed E-state index contributed by atoms with van der Waals surface area (Å²) in [5.41, 5.74) is 0. The largest absolute Gasteiger partial charge is 0.332 e. The van der Waals surface area contributed by atoms with E-state index in [0.29, 0.717) is 6.04 Å². The van der Waals surface area contributed by atoms with Crippen molar-refractivity contribution in [3.05, 3.63) is 18.2 Å². The van der Waals surface area contributed by atoms with E-state index in [1.807, 2.05) is 19.3 Å². The van der Waals surface area contributed by atoms with E-state index in [2.05, 4.69) is 23.4 Å². The van der Waals surface area contributed by atoms with Gasteiger partial charge < -0.3 is 4.57 Å². The maximum Gasteiger partial charge on any atom is 0.105 e. The van der Waals surface area contributed by atoms with Crippen molar-refractivity contribution in [1.82, 2.24) is 9.55 Å². The second-order valence-electron chi connectivity index (χ2n) is 2.64. The SMILES string of the molecule is CCC(C)n1ccnc1C. The fourth-order valence-electron chi connectivity index (χ4n) is 1.05. The fraction of sp³-hybridized carbons (Fsp3) is 0.625. The summed E-state index contributed by atoms with van der Waals surface area (Å²) in [5.74, 6) is 1.11. The monoisotopic (exact) mass is 138 g/mol. The van der Waals surface area contributed by atoms with Crippen LogP contribution in [0.5, 0.6) is 0 Å². The predicted octanol–water partition coefficient (Wildman–Crippen LogP) is 2.16. The summed E-state index contributed by atoms with van der Waals surface area (Å²) in [4.78, 5) is 4.15. The molecule has 2 heteroatoms. The molecule has 1 unspecified atom stereocenters. The highest BCUT2D eigenvalue weighted by Crippen LogP contribution is 2.10. The third-order valence-corrected chi connectivity index (χ3v) is 1.93. The van der Waals surface area contributed by atoms with Crippen molar-refractivity contribution in [2.24, 2.45) is 0 Å². The van der Waals surface area contributed by atoms with Crippen LogP contribution in [0, 0.1) is 6.92 Å². The first kappa shape index (κ1) is 7.32. The number of hydrogen-bond donors (Lipinski definition) is 0. The molecular formula is C8H14N2. The zero-order valence-electron chi connectivity index (χ0n) is 6.83. The molecule has 0 saturated heterocycles. The Labute approximate surface area is 61.9 Å². The molecule has 0 bridgehead atoms. The average Bonchev–Trinajstić information content (AvgIpc) is 2.34. The van der Waals surface area contributed by atoms with E-state index in [0.717, 1.165) is 12.2 Å². The predicted molar refractivity (Wildman–Crippen MR) is 42.0 cm³/mol. The van der Waals surface area contributed by atoms with Gasteiger partial charge in [-0.05, 0) is 20.3 Å². The summed E-state index contributed by atoms with van der Waals surface area (Å²) in [6, 6.07) is 0.586. The van der Waals surface area contributed by atoms with E-state index in [9.17, 15) is 0 Å². The molecule has 0 N–H and O–H groups in total. The molecule has 0 aliphatic heterocycles. The molecule has 0 aromatic carbocycles. The molecule has 0 amide bonds. The molecule has 0 spiro atoms. The topological polar surface area (TPSA) is 17.8 Å². The highest BCUT2D eigenvalue weighted by molar-refractivity contribution is 4.90. The molecule has 0 aliphatic carbocycles. The maximum atomic E-state index is 4.15. The van der Waals surface area contributed by atoms with Gasteiger partial charge in [-0.25, -0.2) is 4.98 Å². The Balaban J connectivity index is 2.82. The van der Waals surface area contributed by atoms with E-state index >= 15 is 0 Å². The summed E-state index contributed by atoms with van der Waals surface area (Å²) >= 11 is 0. The van der Waals surface area contributed by atoms with Crippen molar-refractivity contribution >= 4 is 0 Å². The molecular weight excluding hydrogens is 124 g/mol. The highest BCUT2D eigenvalue weighted by atomic mass is 15.1. The van der Waals surface area contributed by atoms with E-state index in [1.165, 1.54) is 0 Å². The molecule has 1 rings (SSSR count). The highest BCUT2D eigenvalue weighted by Gasteiger charge is 2.02. The van der Waals surface area contributed by atoms with Crippen molar-refractivity contribution in [1.29, 1.82) is 0 Å². The van der Waals surface area contributed by atoms with Crippen LogP contribution in [0.3, 0.4) is 0 Å². The fourth-order valence-corrected chi connectivity index (χ4v) is 1.05. The molecule has 2 nitrogen and oxygen atoms in total. The third-order valence-electron chi connectivity index (χ3n) is 1.93. The Morgan fingerprint density at radius 2 is 2.40 bits per heavy atom. The molecule has 1 atom stereocenters. The van der Waals surface area contributed by atoms with Gasteiger partial charge in [-0.15, -0.1) is 0 Å². The smallest absolute Gasteiger partial charge is 0.105 e. The van der Waals surface area contributed by atoms with Crippen LogP contribution in [-0.2, 0) is 0 Å². The van der Waals surface area contributed by atoms with Crippen LogP contribution in [0.2, 0.25) is 0 Å². The number of aryl methyl sites for hydroxylation is 1. The molecule has 0 fully saturated rings. The number of rotatable bonds is 2. The van der Waals surface area contributed by atoms with Crippen molar-refractivity contribution < 1.29 is 0 Å². The molecule has 1 aromatic rings. The van der Waals surface area contributed by atoms with Crippen molar-refractivity contribution in [3.8, 4) is 0 Å². The van der Waals surface area contributed by atoms with Crippen LogP contribution >= 0.6 is 0 Å². The average molecular weight is 138 g/mol. The molecule has 1 aromatic heterocycles. The first-order valence-corrected chi connectivity index (χ1v) is 3.75. The summed E-state index contributed by atoms with van der Waals surface area (Å²) in [5, 5.41) is 0. The summed E-state index contributed by atoms with van der Waals surface area (Å²) in [7, 11) is 0. The molecule has 1 heterocycles. The van der Waals surface area contributed by atoms with E-state index in [-0.39, 0.29) is 0 Å². The van der Waals surface area contributed by atoms with Crippen LogP contribution in [0.1, 0.15) is 32.1 Å². The van der Waals surface area contributed by atoms with Crippen LogP contribution in [0.4, 0.5) is 0 Å². The van der Waals surface area contributed by atoms with Gasteiger partial charge in [0.25, 0.3) is 0 Å². The molecule has 0 radical (unpaired) electrons. The molecule has 0 aliphatic rings. The summed E-state index contributed by atoms with van der Waals surface area (Å²) in [6.07, 6.45) is 5.04. The van der Waals surface area contributed by atoms with Gasteiger partial charge in [-0.3, -0.25) is 0 Å². The van der Waals surface area contributed by atoms with Crippen LogP contribution in [0.15, 0.2) is 12.4 Å². The standard InChI is InChI=1S/C8H14N2/c1-4-7(2)10-6-5-9-8(10)3/h5-7H,4H2,1-3H3. The first-order chi connectivity index (χ1) is 4.75. The normalized spacial score (nSPS) is 13.5. The minimum absolute atomic E-state index is 0.586. The van der Waals surface area contributed by atoms with Crippen molar-refractivity contribution in [2.45, 2.75) is 33.2 Å². The van der Waals surface area contributed by atoms with Gasteiger partial charge in [-0.2, -0.15) is 0 Å². The van der Waals surface area contributed by atoms with E-state index in [4.69, 9.17) is 0 Å². The zero-order valence-corrected chi connectivity index (χ0v) is 6.83. The number of imidazole rings is 1. The molecule has 10 heavy (non-hydrogen) atoms. The van der Waals surface area contributed by atoms with Crippen LogP contribution in [-0.4, -0.2) is 9.55 Å². The number of nitrogens with zero attached hydrogens (tertiary/aromatic N) is 2. The first-order valence-electron chi connectivity index (χ1n) is 3.75. The minimum atomic E-state index is 0.586.